The molecule has 3 aliphatic rings. The van der Waals surface area contributed by atoms with Crippen molar-refractivity contribution in [1.82, 2.24) is 19.6 Å². The minimum Gasteiger partial charge on any atom is -0.496 e. The van der Waals surface area contributed by atoms with Crippen LogP contribution in [0.1, 0.15) is 50.7 Å². The Bertz CT molecular complexity index is 2220. The molecule has 1 aromatic heterocycles. The van der Waals surface area contributed by atoms with Gasteiger partial charge in [-0.05, 0) is 76.6 Å². The van der Waals surface area contributed by atoms with Gasteiger partial charge in [0.2, 0.25) is 0 Å². The first-order valence-corrected chi connectivity index (χ1v) is 18.7. The third-order valence-electron chi connectivity index (χ3n) is 9.34. The molecular weight excluding hydrogens is 763 g/mol. The standard InChI is InChI=1S/C40H42Cl2N6O8/c1-39(2,3)56-38(51)46-18-27(19-46)45-55-21-34(49)43-26-9-7-8-23(12-26)29-16-30-33(17-32(29)52-6)54-20-31-35(37(50)47-10-11-53-22-40(47,4)5)44-48(36(30)31)28-14-24(41)13-25(42)15-28/h7-9,12-17H,10-11,18-22H2,1-6H3,(H,43,49). The number of benzene rings is 3. The number of oxime groups is 1. The molecule has 4 heterocycles. The van der Waals surface area contributed by atoms with Gasteiger partial charge >= 0.3 is 6.09 Å². The van der Waals surface area contributed by atoms with E-state index in [2.05, 4.69) is 10.5 Å². The fraction of sp³-hybridized carbons (Fsp3) is 0.375. The van der Waals surface area contributed by atoms with Crippen LogP contribution in [-0.2, 0) is 25.7 Å². The topological polar surface area (TPSA) is 146 Å². The molecule has 3 aromatic carbocycles. The molecule has 0 bridgehead atoms. The van der Waals surface area contributed by atoms with Gasteiger partial charge in [-0.2, -0.15) is 5.10 Å². The zero-order valence-electron chi connectivity index (χ0n) is 31.9. The zero-order valence-corrected chi connectivity index (χ0v) is 33.4. The maximum Gasteiger partial charge on any atom is 0.410 e. The largest absolute Gasteiger partial charge is 0.496 e. The molecule has 0 spiro atoms. The van der Waals surface area contributed by atoms with Crippen molar-refractivity contribution in [2.45, 2.75) is 52.4 Å². The van der Waals surface area contributed by atoms with Crippen LogP contribution in [0.2, 0.25) is 10.0 Å². The molecule has 14 nitrogen and oxygen atoms in total. The molecule has 4 aromatic rings. The van der Waals surface area contributed by atoms with Gasteiger partial charge in [0.1, 0.15) is 23.7 Å². The van der Waals surface area contributed by atoms with Crippen LogP contribution in [0.3, 0.4) is 0 Å². The molecule has 7 rings (SSSR count). The van der Waals surface area contributed by atoms with Gasteiger partial charge in [-0.1, -0.05) is 40.5 Å². The van der Waals surface area contributed by atoms with Crippen molar-refractivity contribution in [3.63, 3.8) is 0 Å². The number of rotatable bonds is 8. The van der Waals surface area contributed by atoms with E-state index in [1.807, 2.05) is 38.1 Å². The van der Waals surface area contributed by atoms with Crippen LogP contribution in [0.25, 0.3) is 28.1 Å². The normalized spacial score (nSPS) is 15.8. The van der Waals surface area contributed by atoms with Gasteiger partial charge in [0.05, 0.1) is 56.0 Å². The number of methoxy groups -OCH3 is 1. The van der Waals surface area contributed by atoms with Crippen LogP contribution in [0, 0.1) is 0 Å². The Balaban J connectivity index is 1.16. The van der Waals surface area contributed by atoms with Gasteiger partial charge in [0, 0.05) is 45.0 Å². The number of morpholine rings is 1. The van der Waals surface area contributed by atoms with Crippen molar-refractivity contribution < 1.29 is 38.2 Å². The number of fused-ring (bicyclic) bond motifs is 3. The highest BCUT2D eigenvalue weighted by Crippen LogP contribution is 2.47. The van der Waals surface area contributed by atoms with E-state index in [1.54, 1.807) is 67.8 Å². The number of aromatic nitrogens is 2. The second-order valence-corrected chi connectivity index (χ2v) is 16.1. The Morgan fingerprint density at radius 2 is 1.77 bits per heavy atom. The number of nitrogens with one attached hydrogen (secondary N) is 1. The third kappa shape index (κ3) is 8.13. The fourth-order valence-electron chi connectivity index (χ4n) is 6.71. The molecule has 0 atom stereocenters. The maximum absolute atomic E-state index is 14.3. The molecule has 3 amide bonds. The van der Waals surface area contributed by atoms with Crippen molar-refractivity contribution in [2.24, 2.45) is 5.16 Å². The van der Waals surface area contributed by atoms with Gasteiger partial charge in [-0.25, -0.2) is 9.48 Å². The lowest BCUT2D eigenvalue weighted by molar-refractivity contribution is -0.120. The summed E-state index contributed by atoms with van der Waals surface area (Å²) in [6.07, 6.45) is -0.429. The summed E-state index contributed by atoms with van der Waals surface area (Å²) in [5, 5.41) is 12.6. The van der Waals surface area contributed by atoms with E-state index < -0.39 is 23.1 Å². The molecule has 2 saturated heterocycles. The van der Waals surface area contributed by atoms with Crippen LogP contribution < -0.4 is 14.8 Å². The Kier molecular flexibility index (Phi) is 10.7. The van der Waals surface area contributed by atoms with E-state index in [4.69, 9.17) is 52.1 Å². The third-order valence-corrected chi connectivity index (χ3v) is 9.78. The van der Waals surface area contributed by atoms with E-state index in [-0.39, 0.29) is 37.9 Å². The lowest BCUT2D eigenvalue weighted by Crippen LogP contribution is -2.55. The van der Waals surface area contributed by atoms with Crippen molar-refractivity contribution in [1.29, 1.82) is 0 Å². The Labute approximate surface area is 334 Å². The highest BCUT2D eigenvalue weighted by Gasteiger charge is 2.39. The molecule has 3 aliphatic heterocycles. The number of nitrogens with zero attached hydrogens (tertiary/aromatic N) is 5. The van der Waals surface area contributed by atoms with E-state index in [0.717, 1.165) is 5.56 Å². The molecule has 56 heavy (non-hydrogen) atoms. The fourth-order valence-corrected chi connectivity index (χ4v) is 7.22. The Morgan fingerprint density at radius 3 is 2.46 bits per heavy atom. The van der Waals surface area contributed by atoms with Crippen molar-refractivity contribution in [2.75, 3.05) is 51.9 Å². The lowest BCUT2D eigenvalue weighted by Gasteiger charge is -2.41. The van der Waals surface area contributed by atoms with Crippen LogP contribution in [-0.4, -0.2) is 101 Å². The number of ether oxygens (including phenoxy) is 4. The van der Waals surface area contributed by atoms with Crippen LogP contribution in [0.5, 0.6) is 11.5 Å². The van der Waals surface area contributed by atoms with E-state index in [0.29, 0.717) is 80.8 Å². The summed E-state index contributed by atoms with van der Waals surface area (Å²) in [6.45, 7) is 10.8. The summed E-state index contributed by atoms with van der Waals surface area (Å²) < 4.78 is 24.9. The summed E-state index contributed by atoms with van der Waals surface area (Å²) in [6, 6.07) is 16.1. The average molecular weight is 806 g/mol. The number of anilines is 1. The molecule has 0 aliphatic carbocycles. The number of amides is 3. The number of carbonyl (C=O) groups excluding carboxylic acids is 3. The first-order chi connectivity index (χ1) is 26.6. The number of hydrogen-bond acceptors (Lipinski definition) is 10. The second-order valence-electron chi connectivity index (χ2n) is 15.3. The van der Waals surface area contributed by atoms with Gasteiger partial charge in [-0.3, -0.25) is 14.5 Å². The van der Waals surface area contributed by atoms with Crippen LogP contribution in [0.15, 0.2) is 59.8 Å². The summed E-state index contributed by atoms with van der Waals surface area (Å²) in [5.74, 6) is 0.396. The van der Waals surface area contributed by atoms with Crippen LogP contribution >= 0.6 is 23.2 Å². The molecular formula is C40H42Cl2N6O8. The van der Waals surface area contributed by atoms with Crippen molar-refractivity contribution >= 4 is 52.5 Å². The van der Waals surface area contributed by atoms with Gasteiger partial charge in [-0.15, -0.1) is 0 Å². The van der Waals surface area contributed by atoms with Gasteiger partial charge in [0.15, 0.2) is 12.3 Å². The summed E-state index contributed by atoms with van der Waals surface area (Å²) >= 11 is 12.9. The lowest BCUT2D eigenvalue weighted by atomic mass is 9.95. The summed E-state index contributed by atoms with van der Waals surface area (Å²) in [4.78, 5) is 47.9. The molecule has 0 unspecified atom stereocenters. The number of halogens is 2. The number of hydrogen-bond donors (Lipinski definition) is 1. The van der Waals surface area contributed by atoms with E-state index in [1.165, 1.54) is 4.90 Å². The quantitative estimate of drug-likeness (QED) is 0.182. The molecule has 16 heteroatoms. The monoisotopic (exact) mass is 804 g/mol. The summed E-state index contributed by atoms with van der Waals surface area (Å²) in [5.41, 5.74) is 4.16. The molecule has 0 saturated carbocycles. The predicted octanol–water partition coefficient (Wildman–Crippen LogP) is 7.23. The Morgan fingerprint density at radius 1 is 1.02 bits per heavy atom. The van der Waals surface area contributed by atoms with Crippen LogP contribution in [0.4, 0.5) is 10.5 Å². The van der Waals surface area contributed by atoms with E-state index in [9.17, 15) is 14.4 Å². The average Bonchev–Trinajstić information content (AvgIpc) is 3.51. The van der Waals surface area contributed by atoms with Crippen molar-refractivity contribution in [3.8, 4) is 39.6 Å². The second kappa shape index (κ2) is 15.3. The highest BCUT2D eigenvalue weighted by molar-refractivity contribution is 6.34. The smallest absolute Gasteiger partial charge is 0.410 e. The minimum atomic E-state index is -0.595. The Hall–Kier alpha value is -5.31. The molecule has 0 radical (unpaired) electrons. The predicted molar refractivity (Wildman–Crippen MR) is 211 cm³/mol. The maximum atomic E-state index is 14.3. The van der Waals surface area contributed by atoms with Crippen molar-refractivity contribution in [3.05, 3.63) is 75.9 Å². The zero-order chi connectivity index (χ0) is 39.9. The summed E-state index contributed by atoms with van der Waals surface area (Å²) in [7, 11) is 1.57. The number of carbonyl (C=O) groups is 3. The van der Waals surface area contributed by atoms with E-state index >= 15 is 0 Å². The minimum absolute atomic E-state index is 0.0854. The van der Waals surface area contributed by atoms with Gasteiger partial charge in [0.25, 0.3) is 11.8 Å². The number of likely N-dealkylation sites (tertiary alicyclic amines) is 1. The SMILES string of the molecule is COc1cc2c(cc1-c1cccc(NC(=O)CON=C3CN(C(=O)OC(C)(C)C)C3)c1)-c1c(c(C(=O)N3CCOCC3(C)C)nn1-c1cc(Cl)cc(Cl)c1)CO2. The van der Waals surface area contributed by atoms with Gasteiger partial charge < -0.3 is 34.0 Å². The molecule has 1 N–H and O–H groups in total. The highest BCUT2D eigenvalue weighted by atomic mass is 35.5. The first kappa shape index (κ1) is 38.9. The molecule has 2 fully saturated rings. The molecule has 294 valence electrons. The first-order valence-electron chi connectivity index (χ1n) is 18.0.